The van der Waals surface area contributed by atoms with Crippen LogP contribution in [0.2, 0.25) is 0 Å². The second-order valence-electron chi connectivity index (χ2n) is 5.72. The first-order chi connectivity index (χ1) is 10.0. The van der Waals surface area contributed by atoms with Crippen LogP contribution >= 0.6 is 0 Å². The maximum absolute atomic E-state index is 12.3. The van der Waals surface area contributed by atoms with Crippen LogP contribution in [0, 0.1) is 0 Å². The van der Waals surface area contributed by atoms with E-state index in [-0.39, 0.29) is 18.9 Å². The zero-order valence-electron chi connectivity index (χ0n) is 12.0. The monoisotopic (exact) mass is 291 g/mol. The molecule has 3 N–H and O–H groups in total. The Labute approximate surface area is 124 Å². The Bertz CT molecular complexity index is 504. The Hall–Kier alpha value is -1.88. The number of hydrogen-bond acceptors (Lipinski definition) is 3. The molecular formula is C16H21NO4. The topological polar surface area (TPSA) is 86.6 Å². The molecule has 1 amide bonds. The summed E-state index contributed by atoms with van der Waals surface area (Å²) in [6, 6.07) is 6.69. The predicted molar refractivity (Wildman–Crippen MR) is 77.9 cm³/mol. The van der Waals surface area contributed by atoms with Gasteiger partial charge < -0.3 is 15.5 Å². The standard InChI is InChI=1S/C16H21NO4/c18-11-12-4-6-13(7-5-12)15(21)17-16(10-14(19)20)8-2-1-3-9-16/h4-7,18H,1-3,8-11H2,(H,17,21)(H,19,20). The normalized spacial score (nSPS) is 17.2. The molecule has 0 spiro atoms. The van der Waals surface area contributed by atoms with Gasteiger partial charge in [-0.05, 0) is 30.5 Å². The van der Waals surface area contributed by atoms with E-state index in [0.717, 1.165) is 24.8 Å². The fourth-order valence-corrected chi connectivity index (χ4v) is 2.94. The van der Waals surface area contributed by atoms with Crippen molar-refractivity contribution >= 4 is 11.9 Å². The lowest BCUT2D eigenvalue weighted by Crippen LogP contribution is -2.51. The first-order valence-corrected chi connectivity index (χ1v) is 7.29. The van der Waals surface area contributed by atoms with E-state index >= 15 is 0 Å². The third-order valence-electron chi connectivity index (χ3n) is 4.08. The second-order valence-corrected chi connectivity index (χ2v) is 5.72. The SMILES string of the molecule is O=C(O)CC1(NC(=O)c2ccc(CO)cc2)CCCCC1. The number of aliphatic carboxylic acids is 1. The number of amides is 1. The van der Waals surface area contributed by atoms with Gasteiger partial charge in [0.2, 0.25) is 0 Å². The molecule has 0 atom stereocenters. The molecule has 1 fully saturated rings. The van der Waals surface area contributed by atoms with Gasteiger partial charge in [-0.25, -0.2) is 0 Å². The van der Waals surface area contributed by atoms with Gasteiger partial charge in [-0.3, -0.25) is 9.59 Å². The lowest BCUT2D eigenvalue weighted by Gasteiger charge is -2.37. The van der Waals surface area contributed by atoms with Crippen LogP contribution in [0.15, 0.2) is 24.3 Å². The van der Waals surface area contributed by atoms with E-state index in [1.165, 1.54) is 0 Å². The number of rotatable bonds is 5. The molecule has 1 aromatic rings. The van der Waals surface area contributed by atoms with Crippen molar-refractivity contribution in [1.29, 1.82) is 0 Å². The number of benzene rings is 1. The lowest BCUT2D eigenvalue weighted by molar-refractivity contribution is -0.139. The van der Waals surface area contributed by atoms with Crippen molar-refractivity contribution in [1.82, 2.24) is 5.32 Å². The summed E-state index contributed by atoms with van der Waals surface area (Å²) in [5, 5.41) is 21.0. The minimum absolute atomic E-state index is 0.0343. The average Bonchev–Trinajstić information content (AvgIpc) is 2.47. The van der Waals surface area contributed by atoms with Crippen molar-refractivity contribution in [2.45, 2.75) is 50.7 Å². The molecule has 0 heterocycles. The van der Waals surface area contributed by atoms with Crippen LogP contribution in [-0.2, 0) is 11.4 Å². The zero-order chi connectivity index (χ0) is 15.3. The number of nitrogens with one attached hydrogen (secondary N) is 1. The number of carbonyl (C=O) groups is 2. The number of hydrogen-bond donors (Lipinski definition) is 3. The van der Waals surface area contributed by atoms with Crippen molar-refractivity contribution in [2.75, 3.05) is 0 Å². The number of aliphatic hydroxyl groups is 1. The summed E-state index contributed by atoms with van der Waals surface area (Å²) in [7, 11) is 0. The summed E-state index contributed by atoms with van der Waals surface area (Å²) in [4.78, 5) is 23.4. The van der Waals surface area contributed by atoms with Gasteiger partial charge in [0.15, 0.2) is 0 Å². The molecule has 0 unspecified atom stereocenters. The highest BCUT2D eigenvalue weighted by Crippen LogP contribution is 2.31. The Balaban J connectivity index is 2.11. The number of carboxylic acid groups (broad SMARTS) is 1. The molecule has 1 saturated carbocycles. The van der Waals surface area contributed by atoms with E-state index in [2.05, 4.69) is 5.32 Å². The van der Waals surface area contributed by atoms with E-state index in [1.807, 2.05) is 0 Å². The molecule has 0 radical (unpaired) electrons. The Morgan fingerprint density at radius 2 is 1.71 bits per heavy atom. The van der Waals surface area contributed by atoms with E-state index < -0.39 is 11.5 Å². The highest BCUT2D eigenvalue weighted by molar-refractivity contribution is 5.95. The molecule has 0 aliphatic heterocycles. The summed E-state index contributed by atoms with van der Waals surface area (Å²) < 4.78 is 0. The van der Waals surface area contributed by atoms with Gasteiger partial charge in [0.05, 0.1) is 18.6 Å². The van der Waals surface area contributed by atoms with Crippen molar-refractivity contribution < 1.29 is 19.8 Å². The largest absolute Gasteiger partial charge is 0.481 e. The number of carboxylic acids is 1. The quantitative estimate of drug-likeness (QED) is 0.775. The minimum atomic E-state index is -0.882. The van der Waals surface area contributed by atoms with Crippen LogP contribution < -0.4 is 5.32 Å². The average molecular weight is 291 g/mol. The first-order valence-electron chi connectivity index (χ1n) is 7.29. The van der Waals surface area contributed by atoms with Crippen molar-refractivity contribution in [2.24, 2.45) is 0 Å². The third-order valence-corrected chi connectivity index (χ3v) is 4.08. The van der Waals surface area contributed by atoms with Gasteiger partial charge in [0.1, 0.15) is 0 Å². The molecular weight excluding hydrogens is 270 g/mol. The van der Waals surface area contributed by atoms with Crippen LogP contribution in [-0.4, -0.2) is 27.6 Å². The Morgan fingerprint density at radius 1 is 1.10 bits per heavy atom. The predicted octanol–water partition coefficient (Wildman–Crippen LogP) is 2.09. The molecule has 1 aliphatic carbocycles. The molecule has 0 saturated heterocycles. The van der Waals surface area contributed by atoms with Gasteiger partial charge >= 0.3 is 5.97 Å². The summed E-state index contributed by atoms with van der Waals surface area (Å²) in [5.41, 5.74) is 0.601. The molecule has 1 aliphatic rings. The first kappa shape index (κ1) is 15.5. The lowest BCUT2D eigenvalue weighted by atomic mass is 9.79. The third kappa shape index (κ3) is 4.04. The highest BCUT2D eigenvalue weighted by atomic mass is 16.4. The van der Waals surface area contributed by atoms with Crippen LogP contribution in [0.4, 0.5) is 0 Å². The molecule has 5 nitrogen and oxygen atoms in total. The molecule has 21 heavy (non-hydrogen) atoms. The highest BCUT2D eigenvalue weighted by Gasteiger charge is 2.35. The van der Waals surface area contributed by atoms with Crippen molar-refractivity contribution in [3.05, 3.63) is 35.4 Å². The van der Waals surface area contributed by atoms with Gasteiger partial charge in [0, 0.05) is 5.56 Å². The summed E-state index contributed by atoms with van der Waals surface area (Å²) in [6.07, 6.45) is 4.35. The van der Waals surface area contributed by atoms with Crippen molar-refractivity contribution in [3.63, 3.8) is 0 Å². The van der Waals surface area contributed by atoms with Gasteiger partial charge in [-0.15, -0.1) is 0 Å². The molecule has 114 valence electrons. The maximum Gasteiger partial charge on any atom is 0.305 e. The van der Waals surface area contributed by atoms with E-state index in [9.17, 15) is 9.59 Å². The fourth-order valence-electron chi connectivity index (χ4n) is 2.94. The van der Waals surface area contributed by atoms with Gasteiger partial charge in [0.25, 0.3) is 5.91 Å². The Morgan fingerprint density at radius 3 is 2.24 bits per heavy atom. The van der Waals surface area contributed by atoms with Crippen LogP contribution in [0.5, 0.6) is 0 Å². The summed E-state index contributed by atoms with van der Waals surface area (Å²) >= 11 is 0. The Kier molecular flexibility index (Phi) is 4.96. The fraction of sp³-hybridized carbons (Fsp3) is 0.500. The van der Waals surface area contributed by atoms with Crippen LogP contribution in [0.25, 0.3) is 0 Å². The van der Waals surface area contributed by atoms with Crippen molar-refractivity contribution in [3.8, 4) is 0 Å². The van der Waals surface area contributed by atoms with Crippen LogP contribution in [0.1, 0.15) is 54.4 Å². The summed E-state index contributed by atoms with van der Waals surface area (Å²) in [6.45, 7) is -0.0646. The van der Waals surface area contributed by atoms with Crippen LogP contribution in [0.3, 0.4) is 0 Å². The van der Waals surface area contributed by atoms with Gasteiger partial charge in [-0.2, -0.15) is 0 Å². The van der Waals surface area contributed by atoms with E-state index in [4.69, 9.17) is 10.2 Å². The van der Waals surface area contributed by atoms with E-state index in [1.54, 1.807) is 24.3 Å². The minimum Gasteiger partial charge on any atom is -0.481 e. The van der Waals surface area contributed by atoms with Gasteiger partial charge in [-0.1, -0.05) is 31.4 Å². The summed E-state index contributed by atoms with van der Waals surface area (Å²) in [5.74, 6) is -1.13. The zero-order valence-corrected chi connectivity index (χ0v) is 12.0. The molecule has 0 bridgehead atoms. The molecule has 0 aromatic heterocycles. The maximum atomic E-state index is 12.3. The number of aliphatic hydroxyl groups excluding tert-OH is 1. The van der Waals surface area contributed by atoms with E-state index in [0.29, 0.717) is 18.4 Å². The number of carbonyl (C=O) groups excluding carboxylic acids is 1. The smallest absolute Gasteiger partial charge is 0.305 e. The molecule has 5 heteroatoms. The molecule has 2 rings (SSSR count). The molecule has 1 aromatic carbocycles. The second kappa shape index (κ2) is 6.72.